The van der Waals surface area contributed by atoms with E-state index in [2.05, 4.69) is 70.1 Å². The quantitative estimate of drug-likeness (QED) is 0.0417. The first-order valence-electron chi connectivity index (χ1n) is 21.4. The fourth-order valence-corrected chi connectivity index (χ4v) is 13.2. The summed E-state index contributed by atoms with van der Waals surface area (Å²) < 4.78 is 0. The number of nitrogens with one attached hydrogen (secondary N) is 2. The Morgan fingerprint density at radius 1 is 0.746 bits per heavy atom. The molecule has 2 spiro atoms. The number of hydrogen-bond acceptors (Lipinski definition) is 8. The number of aromatic amines is 1. The van der Waals surface area contributed by atoms with Gasteiger partial charge in [-0.05, 0) is 120 Å². The monoisotopic (exact) mass is 791 g/mol. The third kappa shape index (κ3) is 5.68. The molecule has 9 nitrogen and oxygen atoms in total. The van der Waals surface area contributed by atoms with E-state index in [0.29, 0.717) is 53.3 Å². The first kappa shape index (κ1) is 37.7. The number of phenols is 5. The second-order valence-corrected chi connectivity index (χ2v) is 18.0. The van der Waals surface area contributed by atoms with Gasteiger partial charge in [0.1, 0.15) is 5.75 Å². The highest BCUT2D eigenvalue weighted by atomic mass is 16.3. The summed E-state index contributed by atoms with van der Waals surface area (Å²) in [6.07, 6.45) is 26.8. The minimum absolute atomic E-state index is 0.00145. The fourth-order valence-electron chi connectivity index (χ4n) is 13.2. The van der Waals surface area contributed by atoms with Crippen LogP contribution in [0.4, 0.5) is 0 Å². The molecule has 1 heterocycles. The first-order chi connectivity index (χ1) is 28.7. The van der Waals surface area contributed by atoms with Crippen molar-refractivity contribution in [3.63, 3.8) is 0 Å². The van der Waals surface area contributed by atoms with Gasteiger partial charge in [0, 0.05) is 41.4 Å². The van der Waals surface area contributed by atoms with Crippen LogP contribution in [0.2, 0.25) is 0 Å². The summed E-state index contributed by atoms with van der Waals surface area (Å²) in [4.78, 5) is 8.29. The van der Waals surface area contributed by atoms with E-state index in [9.17, 15) is 30.6 Å². The van der Waals surface area contributed by atoms with Gasteiger partial charge in [0.15, 0.2) is 23.0 Å². The molecule has 5 aliphatic carbocycles. The highest BCUT2D eigenvalue weighted by Gasteiger charge is 2.74. The topological polar surface area (TPSA) is 162 Å². The molecule has 59 heavy (non-hydrogen) atoms. The summed E-state index contributed by atoms with van der Waals surface area (Å²) in [5.41, 5.74) is 4.96. The molecule has 10 rings (SSSR count). The maximum absolute atomic E-state index is 12.2. The lowest BCUT2D eigenvalue weighted by molar-refractivity contribution is -0.159. The lowest BCUT2D eigenvalue weighted by Gasteiger charge is -2.69. The zero-order valence-corrected chi connectivity index (χ0v) is 33.2. The molecule has 0 unspecified atom stereocenters. The van der Waals surface area contributed by atoms with Crippen LogP contribution >= 0.6 is 0 Å². The van der Waals surface area contributed by atoms with Crippen LogP contribution < -0.4 is 5.32 Å². The Hall–Kier alpha value is -5.51. The number of aromatic hydroxyl groups is 5. The predicted octanol–water partition coefficient (Wildman–Crippen LogP) is 8.93. The number of aryl methyl sites for hydroxylation is 1. The summed E-state index contributed by atoms with van der Waals surface area (Å²) in [5, 5.41) is 70.0. The number of rotatable bonds is 9. The van der Waals surface area contributed by atoms with Crippen LogP contribution in [0.1, 0.15) is 84.9 Å². The molecule has 0 saturated heterocycles. The number of nitrogens with zero attached hydrogens (tertiary/aromatic N) is 1. The molecule has 5 aromatic rings. The van der Waals surface area contributed by atoms with Gasteiger partial charge in [-0.1, -0.05) is 91.8 Å². The maximum Gasteiger partial charge on any atom is 0.169 e. The number of aliphatic hydroxyl groups is 1. The van der Waals surface area contributed by atoms with E-state index in [4.69, 9.17) is 0 Å². The van der Waals surface area contributed by atoms with Gasteiger partial charge in [-0.3, -0.25) is 0 Å². The molecular weight excluding hydrogens is 739 g/mol. The number of phenolic OH excluding ortho intramolecular Hbond substituents is 5. The largest absolute Gasteiger partial charge is 0.507 e. The average Bonchev–Trinajstić information content (AvgIpc) is 4.03. The van der Waals surface area contributed by atoms with Gasteiger partial charge >= 0.3 is 0 Å². The second-order valence-electron chi connectivity index (χ2n) is 18.0. The van der Waals surface area contributed by atoms with Crippen molar-refractivity contribution in [1.82, 2.24) is 15.3 Å². The summed E-state index contributed by atoms with van der Waals surface area (Å²) in [5.74, 6) is -0.199. The highest BCUT2D eigenvalue weighted by Crippen LogP contribution is 2.75. The van der Waals surface area contributed by atoms with Crippen molar-refractivity contribution in [3.8, 4) is 28.7 Å². The van der Waals surface area contributed by atoms with Gasteiger partial charge in [-0.2, -0.15) is 0 Å². The highest BCUT2D eigenvalue weighted by molar-refractivity contribution is 6.03. The van der Waals surface area contributed by atoms with Gasteiger partial charge in [0.2, 0.25) is 0 Å². The molecule has 0 radical (unpaired) electrons. The molecule has 304 valence electrons. The van der Waals surface area contributed by atoms with Gasteiger partial charge < -0.3 is 40.9 Å². The minimum atomic E-state index is -0.520. The first-order valence-corrected chi connectivity index (χ1v) is 21.4. The zero-order valence-electron chi connectivity index (χ0n) is 33.2. The number of aliphatic hydroxyl groups excluding tert-OH is 1. The Morgan fingerprint density at radius 2 is 1.54 bits per heavy atom. The third-order valence-corrected chi connectivity index (χ3v) is 15.6. The van der Waals surface area contributed by atoms with Crippen LogP contribution in [-0.2, 0) is 24.8 Å². The van der Waals surface area contributed by atoms with Crippen LogP contribution in [0, 0.1) is 28.6 Å². The number of imidazole rings is 1. The number of fused-ring (bicyclic) bond motifs is 2. The molecule has 3 fully saturated rings. The molecule has 3 saturated carbocycles. The standard InChI is InChI=1S/C50H53N3O6/c54-38-19-14-31(26-41(38)57)13-17-35-36-6-1-7-39(55)44(36)46(59)45(58)37(35)18-12-30-8-10-32(11-9-30)27-52-42-21-16-34-5-3-23-49(34)25-24-48-22-2-4-33(48)15-20-40(56)47(48)50(42,49)43-28-51-29-53-43/h1,6-11,13-17,19-21,26,28-29,33-34,40,42,47,52,54-59H,2-5,12,18,22-25,27H2,(H,51,53)/b17-13+/t33-,34+,40-,42+,47-,48-,49-,50+/m0/s1. The van der Waals surface area contributed by atoms with E-state index in [1.54, 1.807) is 30.4 Å². The molecule has 0 amide bonds. The summed E-state index contributed by atoms with van der Waals surface area (Å²) >= 11 is 0. The van der Waals surface area contributed by atoms with Crippen molar-refractivity contribution in [2.75, 3.05) is 0 Å². The predicted molar refractivity (Wildman–Crippen MR) is 229 cm³/mol. The van der Waals surface area contributed by atoms with Gasteiger partial charge in [0.25, 0.3) is 0 Å². The normalized spacial score (nSPS) is 30.7. The summed E-state index contributed by atoms with van der Waals surface area (Å²) in [6, 6.07) is 18.1. The van der Waals surface area contributed by atoms with Crippen LogP contribution in [0.3, 0.4) is 0 Å². The number of benzene rings is 4. The molecule has 9 heteroatoms. The molecule has 0 aliphatic heterocycles. The second kappa shape index (κ2) is 14.3. The minimum Gasteiger partial charge on any atom is -0.507 e. The Balaban J connectivity index is 0.935. The summed E-state index contributed by atoms with van der Waals surface area (Å²) in [7, 11) is 0. The Morgan fingerprint density at radius 3 is 2.36 bits per heavy atom. The average molecular weight is 792 g/mol. The Bertz CT molecular complexity index is 2490. The van der Waals surface area contributed by atoms with Gasteiger partial charge in [0.05, 0.1) is 17.8 Å². The lowest BCUT2D eigenvalue weighted by Crippen LogP contribution is -2.72. The van der Waals surface area contributed by atoms with Crippen LogP contribution in [0.5, 0.6) is 28.7 Å². The van der Waals surface area contributed by atoms with E-state index >= 15 is 0 Å². The molecule has 8 N–H and O–H groups in total. The van der Waals surface area contributed by atoms with E-state index in [1.165, 1.54) is 62.4 Å². The van der Waals surface area contributed by atoms with Crippen molar-refractivity contribution in [2.45, 2.75) is 88.3 Å². The molecule has 4 aromatic carbocycles. The van der Waals surface area contributed by atoms with Crippen LogP contribution in [-0.4, -0.2) is 52.8 Å². The molecular formula is C50H53N3O6. The van der Waals surface area contributed by atoms with Crippen LogP contribution in [0.25, 0.3) is 22.9 Å². The van der Waals surface area contributed by atoms with E-state index in [0.717, 1.165) is 24.0 Å². The van der Waals surface area contributed by atoms with E-state index in [-0.39, 0.29) is 62.3 Å². The smallest absolute Gasteiger partial charge is 0.169 e. The van der Waals surface area contributed by atoms with Gasteiger partial charge in [-0.15, -0.1) is 0 Å². The Kier molecular flexibility index (Phi) is 9.18. The molecule has 0 bridgehead atoms. The van der Waals surface area contributed by atoms with Crippen molar-refractivity contribution < 1.29 is 30.6 Å². The van der Waals surface area contributed by atoms with Crippen molar-refractivity contribution in [1.29, 1.82) is 0 Å². The van der Waals surface area contributed by atoms with E-state index < -0.39 is 6.10 Å². The number of aromatic nitrogens is 2. The number of H-pyrrole nitrogens is 1. The van der Waals surface area contributed by atoms with Gasteiger partial charge in [-0.25, -0.2) is 4.98 Å². The van der Waals surface area contributed by atoms with Crippen molar-refractivity contribution in [2.24, 2.45) is 28.6 Å². The number of hydrogen-bond donors (Lipinski definition) is 8. The SMILES string of the molecule is Oc1ccc(/C=C/c2c(CCc3ccc(CN[C@@H]4C=C[C@H]5CCC[C@]56CC[C@@]57CCC[C@H]5C=C[C@H](O)[C@@H]7[C@]46c4cnc[nH]4)cc3)c(O)c(O)c3c(O)cccc23)cc1O. The third-order valence-electron chi connectivity index (χ3n) is 15.6. The van der Waals surface area contributed by atoms with Crippen LogP contribution in [0.15, 0.2) is 97.5 Å². The zero-order chi connectivity index (χ0) is 40.5. The lowest BCUT2D eigenvalue weighted by atomic mass is 9.35. The van der Waals surface area contributed by atoms with Crippen molar-refractivity contribution in [3.05, 3.63) is 131 Å². The fraction of sp³-hybridized carbons (Fsp3) is 0.380. The van der Waals surface area contributed by atoms with E-state index in [1.807, 2.05) is 6.33 Å². The molecule has 5 aliphatic rings. The molecule has 8 atom stereocenters. The summed E-state index contributed by atoms with van der Waals surface area (Å²) in [6.45, 7) is 0.658. The number of allylic oxidation sites excluding steroid dienone is 2. The molecule has 1 aromatic heterocycles. The maximum atomic E-state index is 12.2. The van der Waals surface area contributed by atoms with Crippen molar-refractivity contribution >= 4 is 22.9 Å². The Labute approximate surface area is 344 Å².